The van der Waals surface area contributed by atoms with E-state index in [2.05, 4.69) is 32.2 Å². The molecular formula is C44H42O8. The molecule has 0 N–H and O–H groups in total. The zero-order valence-electron chi connectivity index (χ0n) is 29.5. The molecule has 0 fully saturated rings. The van der Waals surface area contributed by atoms with Crippen LogP contribution in [0, 0.1) is 0 Å². The third kappa shape index (κ3) is 8.71. The average molecular weight is 699 g/mol. The van der Waals surface area contributed by atoms with Crippen molar-refractivity contribution < 1.29 is 38.0 Å². The lowest BCUT2D eigenvalue weighted by Gasteiger charge is -2.34. The van der Waals surface area contributed by atoms with Crippen molar-refractivity contribution in [3.63, 3.8) is 0 Å². The molecule has 8 nitrogen and oxygen atoms in total. The molecule has 2 unspecified atom stereocenters. The van der Waals surface area contributed by atoms with Crippen LogP contribution in [0.5, 0.6) is 23.0 Å². The first-order valence-corrected chi connectivity index (χ1v) is 17.0. The van der Waals surface area contributed by atoms with Crippen molar-refractivity contribution in [1.82, 2.24) is 0 Å². The topological polar surface area (TPSA) is 89.5 Å². The summed E-state index contributed by atoms with van der Waals surface area (Å²) < 4.78 is 36.1. The smallest absolute Gasteiger partial charge is 0.419 e. The maximum atomic E-state index is 12.4. The first kappa shape index (κ1) is 37.0. The van der Waals surface area contributed by atoms with Crippen molar-refractivity contribution in [3.8, 4) is 23.0 Å². The van der Waals surface area contributed by atoms with Crippen molar-refractivity contribution in [3.05, 3.63) is 182 Å². The van der Waals surface area contributed by atoms with Crippen LogP contribution >= 0.6 is 0 Å². The van der Waals surface area contributed by atoms with Gasteiger partial charge in [0.15, 0.2) is 0 Å². The molecule has 0 spiro atoms. The highest BCUT2D eigenvalue weighted by molar-refractivity contribution is 5.81. The summed E-state index contributed by atoms with van der Waals surface area (Å²) >= 11 is 0. The minimum Gasteiger partial charge on any atom is -0.421 e. The van der Waals surface area contributed by atoms with Crippen LogP contribution in [0.15, 0.2) is 165 Å². The van der Waals surface area contributed by atoms with Crippen molar-refractivity contribution in [2.24, 2.45) is 0 Å². The van der Waals surface area contributed by atoms with Crippen LogP contribution < -0.4 is 18.9 Å². The van der Waals surface area contributed by atoms with Gasteiger partial charge in [0.25, 0.3) is 0 Å². The van der Waals surface area contributed by atoms with Gasteiger partial charge < -0.3 is 28.4 Å². The average Bonchev–Trinajstić information content (AvgIpc) is 3.19. The highest BCUT2D eigenvalue weighted by atomic mass is 16.9. The number of para-hydroxylation sites is 2. The third-order valence-corrected chi connectivity index (χ3v) is 8.51. The number of rotatable bonds is 17. The number of hydrogen-bond donors (Lipinski definition) is 0. The Hall–Kier alpha value is -6.28. The fourth-order valence-corrected chi connectivity index (χ4v) is 5.63. The minimum atomic E-state index is -1.73. The number of ether oxygens (including phenoxy) is 6. The van der Waals surface area contributed by atoms with Gasteiger partial charge in [-0.25, -0.2) is 9.59 Å². The molecule has 2 atom stereocenters. The van der Waals surface area contributed by atoms with Gasteiger partial charge >= 0.3 is 23.9 Å². The highest BCUT2D eigenvalue weighted by Crippen LogP contribution is 2.41. The zero-order valence-corrected chi connectivity index (χ0v) is 29.5. The summed E-state index contributed by atoms with van der Waals surface area (Å²) in [4.78, 5) is 24.8. The van der Waals surface area contributed by atoms with E-state index in [1.807, 2.05) is 103 Å². The van der Waals surface area contributed by atoms with Crippen LogP contribution in [-0.2, 0) is 24.5 Å². The Bertz CT molecular complexity index is 1810. The molecule has 0 amide bonds. The largest absolute Gasteiger partial charge is 0.421 e. The molecule has 0 aliphatic heterocycles. The summed E-state index contributed by atoms with van der Waals surface area (Å²) in [6.07, 6.45) is 2.53. The second-order valence-corrected chi connectivity index (χ2v) is 11.9. The van der Waals surface area contributed by atoms with Gasteiger partial charge in [0, 0.05) is 17.6 Å². The predicted octanol–water partition coefficient (Wildman–Crippen LogP) is 9.54. The molecule has 5 aromatic carbocycles. The maximum Gasteiger partial charge on any atom is 0.419 e. The van der Waals surface area contributed by atoms with Crippen LogP contribution in [0.1, 0.15) is 50.3 Å². The molecule has 266 valence electrons. The summed E-state index contributed by atoms with van der Waals surface area (Å²) in [6.45, 7) is 12.8. The molecule has 0 aliphatic carbocycles. The van der Waals surface area contributed by atoms with E-state index in [9.17, 15) is 9.59 Å². The quantitative estimate of drug-likeness (QED) is 0.0411. The van der Waals surface area contributed by atoms with E-state index in [1.54, 1.807) is 38.1 Å². The van der Waals surface area contributed by atoms with Crippen molar-refractivity contribution in [1.29, 1.82) is 0 Å². The lowest BCUT2D eigenvalue weighted by molar-refractivity contribution is -0.285. The molecule has 0 aliphatic rings. The van der Waals surface area contributed by atoms with Crippen LogP contribution in [0.25, 0.3) is 0 Å². The summed E-state index contributed by atoms with van der Waals surface area (Å²) in [5.41, 5.74) is 2.34. The molecule has 0 bridgehead atoms. The molecule has 0 saturated carbocycles. The Morgan fingerprint density at radius 1 is 0.481 bits per heavy atom. The fraction of sp³-hybridized carbons (Fsp3) is 0.182. The van der Waals surface area contributed by atoms with E-state index >= 15 is 0 Å². The van der Waals surface area contributed by atoms with Gasteiger partial charge in [0.1, 0.15) is 23.0 Å². The van der Waals surface area contributed by atoms with Gasteiger partial charge in [0.05, 0.1) is 12.8 Å². The van der Waals surface area contributed by atoms with Crippen molar-refractivity contribution in [2.45, 2.75) is 51.0 Å². The van der Waals surface area contributed by atoms with Crippen LogP contribution in [-0.4, -0.2) is 23.9 Å². The summed E-state index contributed by atoms with van der Waals surface area (Å²) in [7, 11) is 0. The first-order valence-electron chi connectivity index (χ1n) is 17.0. The van der Waals surface area contributed by atoms with E-state index in [-0.39, 0.29) is 12.8 Å². The first-order chi connectivity index (χ1) is 25.2. The van der Waals surface area contributed by atoms with Gasteiger partial charge in [-0.05, 0) is 72.1 Å². The van der Waals surface area contributed by atoms with Gasteiger partial charge in [-0.3, -0.25) is 0 Å². The van der Waals surface area contributed by atoms with E-state index < -0.39 is 29.3 Å². The van der Waals surface area contributed by atoms with Gasteiger partial charge in [0.2, 0.25) is 0 Å². The van der Waals surface area contributed by atoms with Crippen LogP contribution in [0.4, 0.5) is 0 Å². The van der Waals surface area contributed by atoms with Gasteiger partial charge in [-0.15, -0.1) is 0 Å². The zero-order chi connectivity index (χ0) is 37.0. The monoisotopic (exact) mass is 698 g/mol. The molecule has 0 aromatic heterocycles. The molecule has 5 aromatic rings. The molecule has 52 heavy (non-hydrogen) atoms. The lowest BCUT2D eigenvalue weighted by atomic mass is 9.71. The maximum absolute atomic E-state index is 12.4. The molecule has 5 rings (SSSR count). The second-order valence-electron chi connectivity index (χ2n) is 11.9. The summed E-state index contributed by atoms with van der Waals surface area (Å²) in [6, 6.07) is 43.3. The number of benzene rings is 5. The van der Waals surface area contributed by atoms with Gasteiger partial charge in [-0.1, -0.05) is 118 Å². The summed E-state index contributed by atoms with van der Waals surface area (Å²) in [5.74, 6) is -3.01. The fourth-order valence-electron chi connectivity index (χ4n) is 5.63. The number of carbonyl (C=O) groups excluding carboxylic acids is 2. The molecule has 0 saturated heterocycles. The Morgan fingerprint density at radius 2 is 0.769 bits per heavy atom. The van der Waals surface area contributed by atoms with Crippen LogP contribution in [0.3, 0.4) is 0 Å². The van der Waals surface area contributed by atoms with Crippen LogP contribution in [0.2, 0.25) is 0 Å². The SMILES string of the molecule is C=CC(=O)OC(CC)(Oc1ccccc1)Oc1ccc(C(C)(c2ccccc2)c2ccc(OC(CC)(OC(=O)C=C)Oc3ccccc3)cc2)cc1. The lowest BCUT2D eigenvalue weighted by Crippen LogP contribution is -2.46. The summed E-state index contributed by atoms with van der Waals surface area (Å²) in [5, 5.41) is 0. The molecule has 0 radical (unpaired) electrons. The Kier molecular flexibility index (Phi) is 11.8. The van der Waals surface area contributed by atoms with E-state index in [0.29, 0.717) is 23.0 Å². The standard InChI is InChI=1S/C44H42O8/c1-6-40(45)51-43(8-3,47-36-21-15-11-16-22-36)49-38-29-25-34(26-30-38)42(5,33-19-13-10-14-20-33)35-27-31-39(32-28-35)50-44(9-4,52-41(46)7-2)48-37-23-17-12-18-24-37/h6-7,10-32H,1-2,8-9H2,3-5H3. The molecule has 0 heterocycles. The number of carbonyl (C=O) groups is 2. The Labute approximate surface area is 304 Å². The third-order valence-electron chi connectivity index (χ3n) is 8.51. The van der Waals surface area contributed by atoms with Crippen molar-refractivity contribution in [2.75, 3.05) is 0 Å². The van der Waals surface area contributed by atoms with E-state index in [1.165, 1.54) is 0 Å². The predicted molar refractivity (Wildman–Crippen MR) is 199 cm³/mol. The number of esters is 2. The van der Waals surface area contributed by atoms with E-state index in [0.717, 1.165) is 28.8 Å². The Morgan fingerprint density at radius 3 is 1.08 bits per heavy atom. The molecule has 8 heteroatoms. The van der Waals surface area contributed by atoms with Crippen molar-refractivity contribution >= 4 is 11.9 Å². The Balaban J connectivity index is 1.46. The minimum absolute atomic E-state index is 0.196. The number of hydrogen-bond acceptors (Lipinski definition) is 8. The van der Waals surface area contributed by atoms with Gasteiger partial charge in [-0.2, -0.15) is 0 Å². The normalized spacial score (nSPS) is 14.2. The molecular weight excluding hydrogens is 656 g/mol. The highest BCUT2D eigenvalue weighted by Gasteiger charge is 2.40. The van der Waals surface area contributed by atoms with E-state index in [4.69, 9.17) is 28.4 Å². The second kappa shape index (κ2) is 16.6.